The summed E-state index contributed by atoms with van der Waals surface area (Å²) in [5.41, 5.74) is 0. The number of rotatable bonds is 2. The first kappa shape index (κ1) is 7.38. The Morgan fingerprint density at radius 1 is 1.90 bits per heavy atom. The van der Waals surface area contributed by atoms with E-state index in [9.17, 15) is 10.1 Å². The van der Waals surface area contributed by atoms with E-state index in [0.717, 1.165) is 0 Å². The molecule has 0 aliphatic heterocycles. The summed E-state index contributed by atoms with van der Waals surface area (Å²) in [6.07, 6.45) is 1.28. The molecule has 0 N–H and O–H groups in total. The maximum atomic E-state index is 10.0. The highest BCUT2D eigenvalue weighted by atomic mass is 127. The second-order valence-corrected chi connectivity index (χ2v) is 2.18. The second kappa shape index (κ2) is 2.90. The van der Waals surface area contributed by atoms with Crippen molar-refractivity contribution in [2.24, 2.45) is 0 Å². The summed E-state index contributed by atoms with van der Waals surface area (Å²) < 4.78 is 1.96. The molecule has 0 saturated carbocycles. The van der Waals surface area contributed by atoms with Crippen LogP contribution in [0.15, 0.2) is 6.20 Å². The van der Waals surface area contributed by atoms with Crippen LogP contribution in [0.25, 0.3) is 0 Å². The molecule has 0 aliphatic carbocycles. The summed E-state index contributed by atoms with van der Waals surface area (Å²) in [4.78, 5) is 9.44. The fourth-order valence-corrected chi connectivity index (χ4v) is 0.764. The lowest BCUT2D eigenvalue weighted by Gasteiger charge is -1.83. The number of nitrogens with zero attached hydrogens (tertiary/aromatic N) is 4. The highest BCUT2D eigenvalue weighted by molar-refractivity contribution is 14.1. The zero-order valence-electron chi connectivity index (χ0n) is 4.77. The van der Waals surface area contributed by atoms with Crippen LogP contribution in [-0.4, -0.2) is 19.9 Å². The molecule has 1 heterocycles. The van der Waals surface area contributed by atoms with Crippen molar-refractivity contribution in [2.45, 2.75) is 4.55 Å². The van der Waals surface area contributed by atoms with Gasteiger partial charge in [-0.1, -0.05) is 22.6 Å². The van der Waals surface area contributed by atoms with Crippen molar-refractivity contribution >= 4 is 28.4 Å². The molecule has 0 fully saturated rings. The summed E-state index contributed by atoms with van der Waals surface area (Å²) in [6, 6.07) is 0. The molecule has 0 aromatic carbocycles. The fourth-order valence-electron chi connectivity index (χ4n) is 0.430. The number of halogens is 1. The zero-order valence-corrected chi connectivity index (χ0v) is 6.93. The van der Waals surface area contributed by atoms with E-state index in [0.29, 0.717) is 4.55 Å². The molecule has 54 valence electrons. The van der Waals surface area contributed by atoms with E-state index in [1.165, 1.54) is 10.9 Å². The third-order valence-corrected chi connectivity index (χ3v) is 1.54. The van der Waals surface area contributed by atoms with Crippen molar-refractivity contribution in [3.8, 4) is 0 Å². The van der Waals surface area contributed by atoms with Gasteiger partial charge in [0.15, 0.2) is 0 Å². The average molecular weight is 254 g/mol. The lowest BCUT2D eigenvalue weighted by Crippen LogP contribution is -1.90. The largest absolute Gasteiger partial charge is 0.410 e. The van der Waals surface area contributed by atoms with Gasteiger partial charge in [-0.3, -0.25) is 0 Å². The van der Waals surface area contributed by atoms with Gasteiger partial charge in [0.05, 0.1) is 9.76 Å². The van der Waals surface area contributed by atoms with Gasteiger partial charge in [0, 0.05) is 0 Å². The Balaban J connectivity index is 2.88. The van der Waals surface area contributed by atoms with E-state index in [2.05, 4.69) is 10.3 Å². The van der Waals surface area contributed by atoms with Crippen LogP contribution < -0.4 is 0 Å². The molecular weight excluding hydrogens is 251 g/mol. The number of nitro groups is 1. The van der Waals surface area contributed by atoms with Gasteiger partial charge in [-0.05, 0) is 4.92 Å². The monoisotopic (exact) mass is 254 g/mol. The van der Waals surface area contributed by atoms with E-state index in [1.807, 2.05) is 22.6 Å². The van der Waals surface area contributed by atoms with Gasteiger partial charge < -0.3 is 10.1 Å². The summed E-state index contributed by atoms with van der Waals surface area (Å²) >= 11 is 2.03. The maximum absolute atomic E-state index is 10.0. The lowest BCUT2D eigenvalue weighted by atomic mass is 10.8. The third kappa shape index (κ3) is 1.40. The lowest BCUT2D eigenvalue weighted by molar-refractivity contribution is -0.389. The topological polar surface area (TPSA) is 73.8 Å². The van der Waals surface area contributed by atoms with Crippen LogP contribution in [0.4, 0.5) is 5.82 Å². The van der Waals surface area contributed by atoms with Crippen LogP contribution in [0.2, 0.25) is 0 Å². The van der Waals surface area contributed by atoms with Crippen LogP contribution in [0, 0.1) is 10.1 Å². The molecule has 6 nitrogen and oxygen atoms in total. The third-order valence-electron chi connectivity index (χ3n) is 0.836. The summed E-state index contributed by atoms with van der Waals surface area (Å²) in [5.74, 6) is -0.211. The molecular formula is C3H3IN4O2. The molecule has 0 spiro atoms. The molecule has 0 unspecified atom stereocenters. The van der Waals surface area contributed by atoms with Crippen molar-refractivity contribution in [3.63, 3.8) is 0 Å². The minimum Gasteiger partial charge on any atom is -0.358 e. The van der Waals surface area contributed by atoms with Crippen LogP contribution in [0.3, 0.4) is 0 Å². The van der Waals surface area contributed by atoms with Crippen molar-refractivity contribution in [2.75, 3.05) is 0 Å². The molecule has 0 bridgehead atoms. The first-order valence-electron chi connectivity index (χ1n) is 2.34. The minimum atomic E-state index is -0.574. The first-order valence-corrected chi connectivity index (χ1v) is 3.87. The Bertz CT molecular complexity index is 246. The van der Waals surface area contributed by atoms with E-state index in [1.54, 1.807) is 0 Å². The van der Waals surface area contributed by atoms with Gasteiger partial charge in [-0.15, -0.1) is 0 Å². The average Bonchev–Trinajstić information content (AvgIpc) is 2.34. The van der Waals surface area contributed by atoms with Crippen molar-refractivity contribution < 1.29 is 4.92 Å². The SMILES string of the molecule is O=[N+]([O-])c1cn(CI)nn1. The molecule has 0 radical (unpaired) electrons. The quantitative estimate of drug-likeness (QED) is 0.335. The van der Waals surface area contributed by atoms with E-state index < -0.39 is 4.92 Å². The first-order chi connectivity index (χ1) is 4.74. The maximum Gasteiger partial charge on any atom is 0.410 e. The zero-order chi connectivity index (χ0) is 7.56. The van der Waals surface area contributed by atoms with Crippen LogP contribution in [0.5, 0.6) is 0 Å². The molecule has 0 atom stereocenters. The highest BCUT2D eigenvalue weighted by Crippen LogP contribution is 2.03. The highest BCUT2D eigenvalue weighted by Gasteiger charge is 2.10. The summed E-state index contributed by atoms with van der Waals surface area (Å²) in [5, 5.41) is 16.8. The van der Waals surface area contributed by atoms with Gasteiger partial charge >= 0.3 is 5.82 Å². The van der Waals surface area contributed by atoms with Gasteiger partial charge in [0.25, 0.3) is 0 Å². The Morgan fingerprint density at radius 3 is 2.90 bits per heavy atom. The van der Waals surface area contributed by atoms with Crippen LogP contribution in [-0.2, 0) is 4.55 Å². The van der Waals surface area contributed by atoms with Gasteiger partial charge in [0.2, 0.25) is 0 Å². The predicted octanol–water partition coefficient (Wildman–Crippen LogP) is 0.579. The Hall–Kier alpha value is -0.730. The van der Waals surface area contributed by atoms with Crippen molar-refractivity contribution in [1.82, 2.24) is 15.0 Å². The van der Waals surface area contributed by atoms with Crippen LogP contribution >= 0.6 is 22.6 Å². The molecule has 0 saturated heterocycles. The predicted molar refractivity (Wildman–Crippen MR) is 40.7 cm³/mol. The number of hydrogen-bond donors (Lipinski definition) is 0. The molecule has 7 heteroatoms. The summed E-state index contributed by atoms with van der Waals surface area (Å²) in [6.45, 7) is 0. The second-order valence-electron chi connectivity index (χ2n) is 1.49. The smallest absolute Gasteiger partial charge is 0.358 e. The Labute approximate surface area is 69.5 Å². The molecule has 1 rings (SSSR count). The number of aromatic nitrogens is 3. The Morgan fingerprint density at radius 2 is 2.60 bits per heavy atom. The van der Waals surface area contributed by atoms with Gasteiger partial charge in [-0.2, -0.15) is 0 Å². The molecule has 1 aromatic rings. The van der Waals surface area contributed by atoms with Gasteiger partial charge in [-0.25, -0.2) is 4.68 Å². The molecule has 1 aromatic heterocycles. The number of hydrogen-bond acceptors (Lipinski definition) is 4. The van der Waals surface area contributed by atoms with Crippen molar-refractivity contribution in [3.05, 3.63) is 16.3 Å². The Kier molecular flexibility index (Phi) is 2.14. The summed E-state index contributed by atoms with van der Waals surface area (Å²) in [7, 11) is 0. The molecule has 0 amide bonds. The van der Waals surface area contributed by atoms with Gasteiger partial charge in [0.1, 0.15) is 11.3 Å². The normalized spacial score (nSPS) is 9.70. The molecule has 0 aliphatic rings. The number of alkyl halides is 1. The van der Waals surface area contributed by atoms with Crippen LogP contribution in [0.1, 0.15) is 0 Å². The minimum absolute atomic E-state index is 0.211. The fraction of sp³-hybridized carbons (Fsp3) is 0.333. The van der Waals surface area contributed by atoms with E-state index in [4.69, 9.17) is 0 Å². The van der Waals surface area contributed by atoms with E-state index >= 15 is 0 Å². The van der Waals surface area contributed by atoms with Crippen molar-refractivity contribution in [1.29, 1.82) is 0 Å². The standard InChI is InChI=1S/C3H3IN4O2/c4-2-7-1-3(5-6-7)8(9)10/h1H,2H2. The van der Waals surface area contributed by atoms with E-state index in [-0.39, 0.29) is 5.82 Å². The molecule has 10 heavy (non-hydrogen) atoms.